The highest BCUT2D eigenvalue weighted by atomic mass is 35.5. The van der Waals surface area contributed by atoms with Crippen molar-refractivity contribution in [2.45, 2.75) is 0 Å². The van der Waals surface area contributed by atoms with Gasteiger partial charge in [-0.05, 0) is 48.5 Å². The Morgan fingerprint density at radius 3 is 1.78 bits per heavy atom. The Balaban J connectivity index is 1.86. The van der Waals surface area contributed by atoms with Crippen LogP contribution in [0.4, 0.5) is 5.69 Å². The third kappa shape index (κ3) is 2.74. The first kappa shape index (κ1) is 13.7. The molecule has 0 saturated heterocycles. The summed E-state index contributed by atoms with van der Waals surface area (Å²) in [6.07, 6.45) is 3.11. The van der Waals surface area contributed by atoms with Crippen molar-refractivity contribution in [3.05, 3.63) is 71.8 Å². The second kappa shape index (κ2) is 5.70. The van der Waals surface area contributed by atoms with Crippen LogP contribution in [0.2, 0.25) is 5.02 Å². The van der Waals surface area contributed by atoms with Crippen LogP contribution in [-0.2, 0) is 0 Å². The van der Waals surface area contributed by atoms with Gasteiger partial charge in [0.05, 0.1) is 18.2 Å². The molecule has 0 bridgehead atoms. The molecule has 5 nitrogen and oxygen atoms in total. The maximum atomic E-state index is 5.87. The summed E-state index contributed by atoms with van der Waals surface area (Å²) in [4.78, 5) is 4.31. The standard InChI is InChI=1S/C17H10ClNO4/c18-11-5-7-12(8-6-11)19-17-22-15(13-3-1-9-20-13)16(23-17)14-4-2-10-21-14/h1-10H. The average Bonchev–Trinajstić information content (AvgIpc) is 3.30. The fraction of sp³-hybridized carbons (Fsp3) is 0. The maximum absolute atomic E-state index is 5.87. The van der Waals surface area contributed by atoms with Crippen molar-refractivity contribution in [2.24, 2.45) is 4.99 Å². The molecule has 4 rings (SSSR count). The molecule has 0 aliphatic carbocycles. The van der Waals surface area contributed by atoms with E-state index < -0.39 is 0 Å². The SMILES string of the molecule is Clc1ccc(N=c2oc(-c3ccco3)c(-c3ccco3)o2)cc1. The third-order valence-corrected chi connectivity index (χ3v) is 3.37. The molecule has 0 unspecified atom stereocenters. The zero-order valence-electron chi connectivity index (χ0n) is 11.7. The molecule has 23 heavy (non-hydrogen) atoms. The van der Waals surface area contributed by atoms with Crippen LogP contribution in [0, 0.1) is 0 Å². The van der Waals surface area contributed by atoms with Gasteiger partial charge in [0.1, 0.15) is 0 Å². The van der Waals surface area contributed by atoms with E-state index >= 15 is 0 Å². The Kier molecular flexibility index (Phi) is 3.40. The van der Waals surface area contributed by atoms with E-state index in [4.69, 9.17) is 29.3 Å². The molecule has 4 aromatic rings. The van der Waals surface area contributed by atoms with Crippen LogP contribution in [-0.4, -0.2) is 0 Å². The minimum atomic E-state index is 0.0881. The summed E-state index contributed by atoms with van der Waals surface area (Å²) in [6.45, 7) is 0. The van der Waals surface area contributed by atoms with Crippen molar-refractivity contribution in [3.63, 3.8) is 0 Å². The lowest BCUT2D eigenvalue weighted by atomic mass is 10.2. The van der Waals surface area contributed by atoms with Crippen molar-refractivity contribution >= 4 is 17.3 Å². The molecule has 3 aromatic heterocycles. The number of nitrogens with zero attached hydrogens (tertiary/aromatic N) is 1. The Hall–Kier alpha value is -2.92. The molecule has 0 N–H and O–H groups in total. The molecule has 0 radical (unpaired) electrons. The van der Waals surface area contributed by atoms with Crippen molar-refractivity contribution in [2.75, 3.05) is 0 Å². The van der Waals surface area contributed by atoms with E-state index in [1.165, 1.54) is 0 Å². The quantitative estimate of drug-likeness (QED) is 0.513. The van der Waals surface area contributed by atoms with Gasteiger partial charge in [-0.2, -0.15) is 4.99 Å². The first-order chi connectivity index (χ1) is 11.3. The van der Waals surface area contributed by atoms with Gasteiger partial charge in [0.25, 0.3) is 0 Å². The smallest absolute Gasteiger partial charge is 0.400 e. The summed E-state index contributed by atoms with van der Waals surface area (Å²) < 4.78 is 22.2. The molecule has 0 atom stereocenters. The summed E-state index contributed by atoms with van der Waals surface area (Å²) >= 11 is 5.87. The van der Waals surface area contributed by atoms with Crippen LogP contribution in [0.25, 0.3) is 23.0 Å². The minimum Gasteiger partial charge on any atom is -0.461 e. The summed E-state index contributed by atoms with van der Waals surface area (Å²) in [5, 5.41) is 0.632. The number of hydrogen-bond donors (Lipinski definition) is 0. The van der Waals surface area contributed by atoms with Crippen molar-refractivity contribution in [1.29, 1.82) is 0 Å². The molecule has 1 aromatic carbocycles. The van der Waals surface area contributed by atoms with Crippen LogP contribution in [0.3, 0.4) is 0 Å². The van der Waals surface area contributed by atoms with Gasteiger partial charge in [0, 0.05) is 5.02 Å². The van der Waals surface area contributed by atoms with Crippen LogP contribution in [0.5, 0.6) is 0 Å². The lowest BCUT2D eigenvalue weighted by molar-refractivity contribution is 0.369. The van der Waals surface area contributed by atoms with E-state index in [1.807, 2.05) is 0 Å². The summed E-state index contributed by atoms with van der Waals surface area (Å²) in [7, 11) is 0. The highest BCUT2D eigenvalue weighted by molar-refractivity contribution is 6.30. The predicted octanol–water partition coefficient (Wildman–Crippen LogP) is 5.28. The lowest BCUT2D eigenvalue weighted by Gasteiger charge is -1.92. The molecule has 0 fully saturated rings. The second-order valence-electron chi connectivity index (χ2n) is 4.67. The van der Waals surface area contributed by atoms with E-state index in [-0.39, 0.29) is 5.75 Å². The van der Waals surface area contributed by atoms with Crippen molar-refractivity contribution in [3.8, 4) is 23.0 Å². The van der Waals surface area contributed by atoms with E-state index in [0.29, 0.717) is 33.8 Å². The first-order valence-electron chi connectivity index (χ1n) is 6.81. The zero-order chi connectivity index (χ0) is 15.6. The van der Waals surface area contributed by atoms with Gasteiger partial charge in [-0.15, -0.1) is 0 Å². The van der Waals surface area contributed by atoms with Crippen LogP contribution < -0.4 is 5.75 Å². The summed E-state index contributed by atoms with van der Waals surface area (Å²) in [6, 6.07) is 14.1. The molecular weight excluding hydrogens is 318 g/mol. The van der Waals surface area contributed by atoms with Crippen LogP contribution in [0.1, 0.15) is 0 Å². The van der Waals surface area contributed by atoms with Gasteiger partial charge in [0.15, 0.2) is 11.5 Å². The van der Waals surface area contributed by atoms with Crippen molar-refractivity contribution in [1.82, 2.24) is 0 Å². The first-order valence-corrected chi connectivity index (χ1v) is 7.19. The third-order valence-electron chi connectivity index (χ3n) is 3.12. The zero-order valence-corrected chi connectivity index (χ0v) is 12.5. The van der Waals surface area contributed by atoms with Gasteiger partial charge in [0.2, 0.25) is 11.5 Å². The van der Waals surface area contributed by atoms with Gasteiger partial charge in [-0.1, -0.05) is 11.6 Å². The summed E-state index contributed by atoms with van der Waals surface area (Å²) in [5.41, 5.74) is 0.656. The Morgan fingerprint density at radius 2 is 1.30 bits per heavy atom. The van der Waals surface area contributed by atoms with Gasteiger partial charge < -0.3 is 17.7 Å². The Labute approximate surface area is 135 Å². The topological polar surface area (TPSA) is 64.9 Å². The van der Waals surface area contributed by atoms with Crippen LogP contribution in [0.15, 0.2) is 83.7 Å². The number of rotatable bonds is 3. The van der Waals surface area contributed by atoms with Crippen LogP contribution >= 0.6 is 11.6 Å². The largest absolute Gasteiger partial charge is 0.461 e. The number of benzene rings is 1. The van der Waals surface area contributed by atoms with E-state index in [0.717, 1.165) is 0 Å². The Morgan fingerprint density at radius 1 is 0.739 bits per heavy atom. The van der Waals surface area contributed by atoms with Crippen molar-refractivity contribution < 1.29 is 17.7 Å². The lowest BCUT2D eigenvalue weighted by Crippen LogP contribution is -1.91. The molecule has 0 amide bonds. The van der Waals surface area contributed by atoms with E-state index in [9.17, 15) is 0 Å². The molecular formula is C17H10ClNO4. The predicted molar refractivity (Wildman–Crippen MR) is 83.1 cm³/mol. The average molecular weight is 328 g/mol. The monoisotopic (exact) mass is 327 g/mol. The second-order valence-corrected chi connectivity index (χ2v) is 5.11. The minimum absolute atomic E-state index is 0.0881. The highest BCUT2D eigenvalue weighted by Crippen LogP contribution is 2.32. The van der Waals surface area contributed by atoms with Gasteiger partial charge in [-0.3, -0.25) is 0 Å². The number of furan rings is 2. The highest BCUT2D eigenvalue weighted by Gasteiger charge is 2.20. The molecule has 0 aliphatic rings. The van der Waals surface area contributed by atoms with Gasteiger partial charge >= 0.3 is 5.75 Å². The molecule has 0 aliphatic heterocycles. The fourth-order valence-electron chi connectivity index (χ4n) is 2.09. The number of halogens is 1. The van der Waals surface area contributed by atoms with E-state index in [2.05, 4.69) is 4.99 Å². The summed E-state index contributed by atoms with van der Waals surface area (Å²) in [5.74, 6) is 1.97. The molecule has 3 heterocycles. The molecule has 6 heteroatoms. The van der Waals surface area contributed by atoms with E-state index in [1.54, 1.807) is 61.1 Å². The number of hydrogen-bond acceptors (Lipinski definition) is 5. The normalized spacial score (nSPS) is 10.8. The van der Waals surface area contributed by atoms with Gasteiger partial charge in [-0.25, -0.2) is 0 Å². The molecule has 0 saturated carbocycles. The molecule has 0 spiro atoms. The molecule has 114 valence electrons. The fourth-order valence-corrected chi connectivity index (χ4v) is 2.22. The Bertz CT molecular complexity index is 906. The maximum Gasteiger partial charge on any atom is 0.400 e.